The predicted octanol–water partition coefficient (Wildman–Crippen LogP) is 4.13. The first-order valence-electron chi connectivity index (χ1n) is 8.46. The van der Waals surface area contributed by atoms with Crippen LogP contribution in [0.4, 0.5) is 8.78 Å². The number of halogens is 2. The van der Waals surface area contributed by atoms with Gasteiger partial charge in [0, 0.05) is 17.1 Å². The first kappa shape index (κ1) is 19.2. The highest BCUT2D eigenvalue weighted by molar-refractivity contribution is 7.90. The Balaban J connectivity index is 2.15. The van der Waals surface area contributed by atoms with Crippen LogP contribution >= 0.6 is 11.3 Å². The molecule has 0 atom stereocenters. The van der Waals surface area contributed by atoms with Gasteiger partial charge in [-0.25, -0.2) is 8.78 Å². The van der Waals surface area contributed by atoms with Crippen LogP contribution in [0.15, 0.2) is 27.5 Å². The largest absolute Gasteiger partial charge is 0.320 e. The number of sulfonamides is 1. The van der Waals surface area contributed by atoms with Gasteiger partial charge in [0.1, 0.15) is 0 Å². The first-order chi connectivity index (χ1) is 12.0. The quantitative estimate of drug-likeness (QED) is 0.775. The molecule has 0 radical (unpaired) electrons. The Kier molecular flexibility index (Phi) is 4.85. The summed E-state index contributed by atoms with van der Waals surface area (Å²) in [5.41, 5.74) is 0.869. The third kappa shape index (κ3) is 3.91. The Labute approximate surface area is 156 Å². The Morgan fingerprint density at radius 2 is 1.88 bits per heavy atom. The summed E-state index contributed by atoms with van der Waals surface area (Å²) in [5.74, 6) is -1.75. The van der Waals surface area contributed by atoms with Gasteiger partial charge >= 0.3 is 0 Å². The van der Waals surface area contributed by atoms with Crippen LogP contribution in [0.1, 0.15) is 44.2 Å². The Morgan fingerprint density at radius 1 is 1.23 bits per heavy atom. The molecule has 0 bridgehead atoms. The lowest BCUT2D eigenvalue weighted by Gasteiger charge is -2.17. The lowest BCUT2D eigenvalue weighted by Crippen LogP contribution is -2.20. The Hall–Kier alpha value is -1.54. The zero-order valence-corrected chi connectivity index (χ0v) is 16.8. The molecule has 0 saturated heterocycles. The summed E-state index contributed by atoms with van der Waals surface area (Å²) in [6, 6.07) is 2.51. The van der Waals surface area contributed by atoms with Crippen LogP contribution in [-0.4, -0.2) is 13.0 Å². The first-order valence-corrected chi connectivity index (χ1v) is 10.7. The van der Waals surface area contributed by atoms with Gasteiger partial charge in [-0.2, -0.15) is 8.42 Å². The van der Waals surface area contributed by atoms with Gasteiger partial charge in [-0.3, -0.25) is 0 Å². The monoisotopic (exact) mass is 400 g/mol. The minimum absolute atomic E-state index is 0.139. The zero-order valence-electron chi connectivity index (χ0n) is 15.2. The van der Waals surface area contributed by atoms with Crippen LogP contribution in [0.3, 0.4) is 0 Å². The van der Waals surface area contributed by atoms with Gasteiger partial charge in [0.05, 0.1) is 4.90 Å². The topological polar surface area (TPSA) is 51.4 Å². The molecule has 2 aromatic rings. The third-order valence-corrected chi connectivity index (χ3v) is 7.35. The van der Waals surface area contributed by atoms with Crippen molar-refractivity contribution in [2.24, 2.45) is 10.3 Å². The van der Waals surface area contributed by atoms with Crippen molar-refractivity contribution in [1.29, 1.82) is 0 Å². The third-order valence-electron chi connectivity index (χ3n) is 4.36. The summed E-state index contributed by atoms with van der Waals surface area (Å²) in [7, 11) is -4.13. The normalized spacial score (nSPS) is 16.3. The van der Waals surface area contributed by atoms with Gasteiger partial charge < -0.3 is 4.57 Å². The summed E-state index contributed by atoms with van der Waals surface area (Å²) >= 11 is 1.34. The van der Waals surface area contributed by atoms with Crippen LogP contribution in [-0.2, 0) is 22.0 Å². The average molecular weight is 401 g/mol. The lowest BCUT2D eigenvalue weighted by molar-refractivity contribution is 0.504. The maximum atomic E-state index is 13.4. The molecule has 0 amide bonds. The molecule has 8 heteroatoms. The molecule has 0 unspecified atom stereocenters. The van der Waals surface area contributed by atoms with Gasteiger partial charge in [-0.05, 0) is 49.3 Å². The number of benzene rings is 1. The summed E-state index contributed by atoms with van der Waals surface area (Å²) in [5, 5.41) is 0. The van der Waals surface area contributed by atoms with E-state index in [1.54, 1.807) is 0 Å². The van der Waals surface area contributed by atoms with E-state index < -0.39 is 21.7 Å². The molecule has 4 nitrogen and oxygen atoms in total. The number of hydrogen-bond acceptors (Lipinski definition) is 3. The van der Waals surface area contributed by atoms with Crippen molar-refractivity contribution in [1.82, 2.24) is 4.57 Å². The van der Waals surface area contributed by atoms with Gasteiger partial charge in [0.15, 0.2) is 11.6 Å². The molecule has 26 heavy (non-hydrogen) atoms. The summed E-state index contributed by atoms with van der Waals surface area (Å²) in [6.45, 7) is 8.91. The molecule has 1 saturated carbocycles. The fourth-order valence-electron chi connectivity index (χ4n) is 2.82. The molecule has 0 N–H and O–H groups in total. The Bertz CT molecular complexity index is 1010. The van der Waals surface area contributed by atoms with E-state index >= 15 is 0 Å². The smallest absolute Gasteiger partial charge is 0.285 e. The molecule has 3 rings (SSSR count). The number of nitrogens with zero attached hydrogens (tertiary/aromatic N) is 2. The van der Waals surface area contributed by atoms with Crippen LogP contribution in [0, 0.1) is 24.5 Å². The fourth-order valence-corrected chi connectivity index (χ4v) is 5.23. The summed E-state index contributed by atoms with van der Waals surface area (Å²) in [6.07, 6.45) is 2.25. The number of thiazole rings is 1. The molecular weight excluding hydrogens is 378 g/mol. The number of hydrogen-bond donors (Lipinski definition) is 0. The Morgan fingerprint density at radius 3 is 2.42 bits per heavy atom. The highest BCUT2D eigenvalue weighted by Crippen LogP contribution is 2.33. The average Bonchev–Trinajstić information content (AvgIpc) is 3.28. The molecular formula is C18H22F2N2O2S2. The molecule has 0 aliphatic heterocycles. The molecule has 0 spiro atoms. The highest BCUT2D eigenvalue weighted by Gasteiger charge is 2.27. The second-order valence-electron chi connectivity index (χ2n) is 7.75. The van der Waals surface area contributed by atoms with Gasteiger partial charge in [-0.15, -0.1) is 15.7 Å². The molecule has 1 aromatic carbocycles. The van der Waals surface area contributed by atoms with Crippen molar-refractivity contribution in [3.63, 3.8) is 0 Å². The minimum Gasteiger partial charge on any atom is -0.320 e. The van der Waals surface area contributed by atoms with E-state index in [0.717, 1.165) is 42.1 Å². The lowest BCUT2D eigenvalue weighted by atomic mass is 9.93. The standard InChI is InChI=1S/C18H22F2N2O2S2/c1-11-16(18(2,3)4)25-17(22(11)10-12-5-6-12)21-26(23,24)13-7-8-14(19)15(20)9-13/h7-9,12H,5-6,10H2,1-4H3/b21-17-. The number of rotatable bonds is 4. The van der Waals surface area contributed by atoms with E-state index in [9.17, 15) is 17.2 Å². The minimum atomic E-state index is -4.13. The van der Waals surface area contributed by atoms with Gasteiger partial charge in [0.2, 0.25) is 4.80 Å². The second kappa shape index (κ2) is 6.56. The predicted molar refractivity (Wildman–Crippen MR) is 97.6 cm³/mol. The molecule has 1 aliphatic carbocycles. The fraction of sp³-hybridized carbons (Fsp3) is 0.500. The SMILES string of the molecule is Cc1c(C(C)(C)C)s/c(=N\S(=O)(=O)c2ccc(F)c(F)c2)n1CC1CC1. The maximum absolute atomic E-state index is 13.4. The van der Waals surface area contributed by atoms with E-state index in [2.05, 4.69) is 25.2 Å². The maximum Gasteiger partial charge on any atom is 0.285 e. The van der Waals surface area contributed by atoms with E-state index in [-0.39, 0.29) is 10.3 Å². The molecule has 1 aromatic heterocycles. The molecule has 1 aliphatic rings. The van der Waals surface area contributed by atoms with E-state index in [4.69, 9.17) is 0 Å². The highest BCUT2D eigenvalue weighted by atomic mass is 32.2. The van der Waals surface area contributed by atoms with Crippen molar-refractivity contribution >= 4 is 21.4 Å². The van der Waals surface area contributed by atoms with Crippen LogP contribution < -0.4 is 4.80 Å². The van der Waals surface area contributed by atoms with E-state index in [0.29, 0.717) is 16.8 Å². The number of aromatic nitrogens is 1. The molecule has 1 heterocycles. The van der Waals surface area contributed by atoms with E-state index in [1.807, 2.05) is 11.5 Å². The van der Waals surface area contributed by atoms with Crippen molar-refractivity contribution in [2.75, 3.05) is 0 Å². The summed E-state index contributed by atoms with van der Waals surface area (Å²) in [4.78, 5) is 1.10. The molecule has 1 fully saturated rings. The van der Waals surface area contributed by atoms with Crippen molar-refractivity contribution in [3.05, 3.63) is 45.2 Å². The zero-order chi connectivity index (χ0) is 19.3. The second-order valence-corrected chi connectivity index (χ2v) is 10.3. The van der Waals surface area contributed by atoms with Crippen molar-refractivity contribution < 1.29 is 17.2 Å². The van der Waals surface area contributed by atoms with Crippen molar-refractivity contribution in [2.45, 2.75) is 57.4 Å². The van der Waals surface area contributed by atoms with Crippen LogP contribution in [0.25, 0.3) is 0 Å². The molecule has 142 valence electrons. The van der Waals surface area contributed by atoms with Gasteiger partial charge in [-0.1, -0.05) is 20.8 Å². The van der Waals surface area contributed by atoms with E-state index in [1.165, 1.54) is 11.3 Å². The van der Waals surface area contributed by atoms with Crippen molar-refractivity contribution in [3.8, 4) is 0 Å². The van der Waals surface area contributed by atoms with Gasteiger partial charge in [0.25, 0.3) is 10.0 Å². The summed E-state index contributed by atoms with van der Waals surface area (Å²) < 4.78 is 57.7. The van der Waals surface area contributed by atoms with Crippen LogP contribution in [0.5, 0.6) is 0 Å². The van der Waals surface area contributed by atoms with Crippen LogP contribution in [0.2, 0.25) is 0 Å².